The quantitative estimate of drug-likeness (QED) is 0.293. The number of phenolic OH excluding ortho intramolecular Hbond substituents is 1. The van der Waals surface area contributed by atoms with Gasteiger partial charge in [0.1, 0.15) is 33.3 Å². The van der Waals surface area contributed by atoms with Crippen molar-refractivity contribution in [3.8, 4) is 23.0 Å². The number of anilines is 1. The van der Waals surface area contributed by atoms with E-state index >= 15 is 0 Å². The van der Waals surface area contributed by atoms with Crippen LogP contribution in [0, 0.1) is 5.95 Å². The number of nitrogens with zero attached hydrogens (tertiary/aromatic N) is 1. The van der Waals surface area contributed by atoms with Crippen molar-refractivity contribution in [2.24, 2.45) is 0 Å². The van der Waals surface area contributed by atoms with Gasteiger partial charge in [0.15, 0.2) is 11.6 Å². The number of nitrogens with one attached hydrogen (secondary N) is 1. The zero-order valence-corrected chi connectivity index (χ0v) is 20.1. The number of hydrogen-bond acceptors (Lipinski definition) is 6. The van der Waals surface area contributed by atoms with Gasteiger partial charge in [-0.05, 0) is 41.8 Å². The summed E-state index contributed by atoms with van der Waals surface area (Å²) in [6.07, 6.45) is 0.0630. The Balaban J connectivity index is 1.91. The van der Waals surface area contributed by atoms with Crippen molar-refractivity contribution in [1.29, 1.82) is 0 Å². The highest BCUT2D eigenvalue weighted by Gasteiger charge is 2.25. The van der Waals surface area contributed by atoms with Crippen LogP contribution in [0.15, 0.2) is 42.5 Å². The van der Waals surface area contributed by atoms with E-state index in [1.807, 2.05) is 13.8 Å². The number of phenols is 1. The summed E-state index contributed by atoms with van der Waals surface area (Å²) in [6.45, 7) is 3.78. The highest BCUT2D eigenvalue weighted by molar-refractivity contribution is 6.38. The van der Waals surface area contributed by atoms with Gasteiger partial charge in [-0.3, -0.25) is 0 Å². The zero-order chi connectivity index (χ0) is 25.0. The molecule has 180 valence electrons. The maximum absolute atomic E-state index is 14.5. The predicted molar refractivity (Wildman–Crippen MR) is 128 cm³/mol. The summed E-state index contributed by atoms with van der Waals surface area (Å²) < 4.78 is 25.4. The Morgan fingerprint density at radius 3 is 2.35 bits per heavy atom. The van der Waals surface area contributed by atoms with Crippen LogP contribution in [0.2, 0.25) is 10.0 Å². The molecule has 10 heteroatoms. The third-order valence-electron chi connectivity index (χ3n) is 5.05. The molecule has 0 unspecified atom stereocenters. The number of aliphatic carboxylic acids is 1. The van der Waals surface area contributed by atoms with Crippen molar-refractivity contribution in [2.45, 2.75) is 32.2 Å². The Morgan fingerprint density at radius 1 is 1.12 bits per heavy atom. The number of ether oxygens (including phenoxy) is 2. The lowest BCUT2D eigenvalue weighted by Gasteiger charge is -2.19. The monoisotopic (exact) mass is 508 g/mol. The van der Waals surface area contributed by atoms with Crippen LogP contribution >= 0.6 is 23.2 Å². The average Bonchev–Trinajstić information content (AvgIpc) is 2.80. The number of rotatable bonds is 9. The SMILES string of the molecule is COc1ccc(C[C@@H](Nc2nc(F)c(Cl)c(Oc3ccc(O)c(C(C)C)c3)c2Cl)C(=O)O)cc1. The third-order valence-corrected chi connectivity index (χ3v) is 5.72. The molecule has 0 radical (unpaired) electrons. The summed E-state index contributed by atoms with van der Waals surface area (Å²) in [5, 5.41) is 21.7. The van der Waals surface area contributed by atoms with Crippen LogP contribution in [0.4, 0.5) is 10.2 Å². The second kappa shape index (κ2) is 10.8. The molecular formula is C24H23Cl2FN2O5. The number of aromatic nitrogens is 1. The molecule has 0 amide bonds. The standard InChI is InChI=1S/C24H23Cl2FN2O5/c1-12(2)16-11-15(8-9-18(16)30)34-21-19(25)22(27)29-23(20(21)26)28-17(24(31)32)10-13-4-6-14(33-3)7-5-13/h4-9,11-12,17,30H,10H2,1-3H3,(H,28,29)(H,31,32)/t17-/m1/s1. The van der Waals surface area contributed by atoms with E-state index in [0.29, 0.717) is 16.9 Å². The molecule has 1 aromatic heterocycles. The van der Waals surface area contributed by atoms with E-state index in [0.717, 1.165) is 0 Å². The number of carboxylic acids is 1. The van der Waals surface area contributed by atoms with Gasteiger partial charge in [-0.25, -0.2) is 4.79 Å². The summed E-state index contributed by atoms with van der Waals surface area (Å²) in [5.41, 5.74) is 1.32. The fourth-order valence-electron chi connectivity index (χ4n) is 3.22. The van der Waals surface area contributed by atoms with Gasteiger partial charge in [-0.2, -0.15) is 9.37 Å². The van der Waals surface area contributed by atoms with Crippen LogP contribution in [0.25, 0.3) is 0 Å². The fourth-order valence-corrected chi connectivity index (χ4v) is 3.67. The molecule has 1 atom stereocenters. The molecule has 34 heavy (non-hydrogen) atoms. The second-order valence-electron chi connectivity index (χ2n) is 7.77. The Morgan fingerprint density at radius 2 is 1.76 bits per heavy atom. The smallest absolute Gasteiger partial charge is 0.326 e. The molecule has 2 aromatic carbocycles. The predicted octanol–water partition coefficient (Wildman–Crippen LogP) is 6.27. The molecule has 3 rings (SSSR count). The van der Waals surface area contributed by atoms with Crippen LogP contribution in [-0.4, -0.2) is 34.3 Å². The minimum absolute atomic E-state index is 0.00447. The van der Waals surface area contributed by atoms with Gasteiger partial charge in [-0.15, -0.1) is 0 Å². The lowest BCUT2D eigenvalue weighted by atomic mass is 10.0. The molecule has 0 saturated heterocycles. The summed E-state index contributed by atoms with van der Waals surface area (Å²) in [6, 6.07) is 10.2. The summed E-state index contributed by atoms with van der Waals surface area (Å²) >= 11 is 12.5. The molecule has 0 spiro atoms. The third kappa shape index (κ3) is 5.81. The number of hydrogen-bond donors (Lipinski definition) is 3. The van der Waals surface area contributed by atoms with E-state index in [1.54, 1.807) is 30.3 Å². The van der Waals surface area contributed by atoms with Crippen molar-refractivity contribution in [1.82, 2.24) is 4.98 Å². The summed E-state index contributed by atoms with van der Waals surface area (Å²) in [7, 11) is 1.53. The van der Waals surface area contributed by atoms with Crippen LogP contribution < -0.4 is 14.8 Å². The van der Waals surface area contributed by atoms with Gasteiger partial charge < -0.3 is 25.0 Å². The molecule has 3 N–H and O–H groups in total. The van der Waals surface area contributed by atoms with Gasteiger partial charge in [0.05, 0.1) is 7.11 Å². The number of halogens is 3. The highest BCUT2D eigenvalue weighted by atomic mass is 35.5. The molecule has 1 heterocycles. The van der Waals surface area contributed by atoms with E-state index < -0.39 is 23.0 Å². The molecule has 0 saturated carbocycles. The topological polar surface area (TPSA) is 101 Å². The first kappa shape index (κ1) is 25.4. The first-order chi connectivity index (χ1) is 16.1. The molecule has 7 nitrogen and oxygen atoms in total. The van der Waals surface area contributed by atoms with Gasteiger partial charge in [0.25, 0.3) is 0 Å². The van der Waals surface area contributed by atoms with Crippen molar-refractivity contribution in [3.63, 3.8) is 0 Å². The van der Waals surface area contributed by atoms with E-state index in [9.17, 15) is 19.4 Å². The number of carboxylic acid groups (broad SMARTS) is 1. The van der Waals surface area contributed by atoms with Crippen molar-refractivity contribution in [3.05, 3.63) is 69.6 Å². The molecule has 3 aromatic rings. The van der Waals surface area contributed by atoms with Crippen LogP contribution in [-0.2, 0) is 11.2 Å². The molecule has 0 aliphatic heterocycles. The highest BCUT2D eigenvalue weighted by Crippen LogP contribution is 2.42. The average molecular weight is 509 g/mol. The Labute approximate surface area is 206 Å². The Kier molecular flexibility index (Phi) is 8.06. The summed E-state index contributed by atoms with van der Waals surface area (Å²) in [4.78, 5) is 15.6. The maximum Gasteiger partial charge on any atom is 0.326 e. The molecular weight excluding hydrogens is 486 g/mol. The normalized spacial score (nSPS) is 11.9. The van der Waals surface area contributed by atoms with Crippen LogP contribution in [0.1, 0.15) is 30.9 Å². The number of carbonyl (C=O) groups is 1. The first-order valence-electron chi connectivity index (χ1n) is 10.3. The molecule has 0 fully saturated rings. The fraction of sp³-hybridized carbons (Fsp3) is 0.250. The van der Waals surface area contributed by atoms with Gasteiger partial charge >= 0.3 is 5.97 Å². The minimum Gasteiger partial charge on any atom is -0.508 e. The minimum atomic E-state index is -1.19. The van der Waals surface area contributed by atoms with Gasteiger partial charge in [0, 0.05) is 12.0 Å². The molecule has 0 bridgehead atoms. The van der Waals surface area contributed by atoms with Crippen molar-refractivity contribution >= 4 is 35.0 Å². The van der Waals surface area contributed by atoms with E-state index in [4.69, 9.17) is 32.7 Å². The maximum atomic E-state index is 14.5. The lowest BCUT2D eigenvalue weighted by Crippen LogP contribution is -2.32. The van der Waals surface area contributed by atoms with E-state index in [-0.39, 0.29) is 40.4 Å². The van der Waals surface area contributed by atoms with Crippen molar-refractivity contribution in [2.75, 3.05) is 12.4 Å². The Bertz CT molecular complexity index is 1190. The first-order valence-corrected chi connectivity index (χ1v) is 11.0. The summed E-state index contributed by atoms with van der Waals surface area (Å²) in [5.74, 6) is -1.76. The number of pyridine rings is 1. The Hall–Kier alpha value is -3.23. The second-order valence-corrected chi connectivity index (χ2v) is 8.53. The largest absolute Gasteiger partial charge is 0.508 e. The number of benzene rings is 2. The lowest BCUT2D eigenvalue weighted by molar-refractivity contribution is -0.137. The van der Waals surface area contributed by atoms with Gasteiger partial charge in [0.2, 0.25) is 5.95 Å². The van der Waals surface area contributed by atoms with Crippen LogP contribution in [0.5, 0.6) is 23.0 Å². The van der Waals surface area contributed by atoms with E-state index in [1.165, 1.54) is 19.2 Å². The number of methoxy groups -OCH3 is 1. The molecule has 0 aliphatic carbocycles. The van der Waals surface area contributed by atoms with Gasteiger partial charge in [-0.1, -0.05) is 49.2 Å². The number of aromatic hydroxyl groups is 1. The van der Waals surface area contributed by atoms with Crippen molar-refractivity contribution < 1.29 is 28.9 Å². The zero-order valence-electron chi connectivity index (χ0n) is 18.6. The molecule has 0 aliphatic rings. The van der Waals surface area contributed by atoms with Crippen LogP contribution in [0.3, 0.4) is 0 Å². The van der Waals surface area contributed by atoms with E-state index in [2.05, 4.69) is 10.3 Å².